The van der Waals surface area contributed by atoms with Gasteiger partial charge in [-0.3, -0.25) is 9.89 Å². The average Bonchev–Trinajstić information content (AvgIpc) is 3.23. The van der Waals surface area contributed by atoms with Crippen LogP contribution in [0.1, 0.15) is 50.0 Å². The molecular formula is C18H30N4S. The molecule has 128 valence electrons. The minimum atomic E-state index is 0.488. The van der Waals surface area contributed by atoms with Crippen molar-refractivity contribution in [1.29, 1.82) is 0 Å². The Morgan fingerprint density at radius 2 is 2.26 bits per heavy atom. The molecule has 0 saturated heterocycles. The van der Waals surface area contributed by atoms with Crippen molar-refractivity contribution < 1.29 is 0 Å². The minimum absolute atomic E-state index is 0.488. The molecule has 1 aromatic rings. The molecule has 23 heavy (non-hydrogen) atoms. The van der Waals surface area contributed by atoms with Crippen molar-refractivity contribution >= 4 is 17.3 Å². The lowest BCUT2D eigenvalue weighted by molar-refractivity contribution is 0.197. The van der Waals surface area contributed by atoms with E-state index in [0.29, 0.717) is 12.1 Å². The van der Waals surface area contributed by atoms with Crippen LogP contribution in [-0.2, 0) is 13.0 Å². The lowest BCUT2D eigenvalue weighted by Gasteiger charge is -2.31. The van der Waals surface area contributed by atoms with Crippen molar-refractivity contribution in [3.63, 3.8) is 0 Å². The van der Waals surface area contributed by atoms with Crippen LogP contribution in [0.15, 0.2) is 16.4 Å². The predicted molar refractivity (Wildman–Crippen MR) is 99.3 cm³/mol. The highest BCUT2D eigenvalue weighted by molar-refractivity contribution is 7.10. The van der Waals surface area contributed by atoms with Gasteiger partial charge in [-0.05, 0) is 50.1 Å². The summed E-state index contributed by atoms with van der Waals surface area (Å²) in [5.74, 6) is 1.000. The highest BCUT2D eigenvalue weighted by Gasteiger charge is 2.21. The lowest BCUT2D eigenvalue weighted by Crippen LogP contribution is -2.44. The van der Waals surface area contributed by atoms with Gasteiger partial charge in [-0.15, -0.1) is 11.3 Å². The zero-order valence-electron chi connectivity index (χ0n) is 14.5. The van der Waals surface area contributed by atoms with Gasteiger partial charge < -0.3 is 10.6 Å². The molecule has 1 aliphatic heterocycles. The highest BCUT2D eigenvalue weighted by atomic mass is 32.1. The normalized spacial score (nSPS) is 21.2. The van der Waals surface area contributed by atoms with Crippen LogP contribution in [-0.4, -0.2) is 42.6 Å². The molecule has 0 bridgehead atoms. The Bertz CT molecular complexity index is 519. The maximum atomic E-state index is 4.85. The van der Waals surface area contributed by atoms with Gasteiger partial charge in [0.05, 0.1) is 6.54 Å². The summed E-state index contributed by atoms with van der Waals surface area (Å²) in [5.41, 5.74) is 1.52. The Morgan fingerprint density at radius 1 is 1.43 bits per heavy atom. The largest absolute Gasteiger partial charge is 0.357 e. The topological polar surface area (TPSA) is 39.7 Å². The number of hydrogen-bond donors (Lipinski definition) is 2. The van der Waals surface area contributed by atoms with Crippen molar-refractivity contribution in [1.82, 2.24) is 15.5 Å². The summed E-state index contributed by atoms with van der Waals surface area (Å²) in [6.45, 7) is 8.48. The van der Waals surface area contributed by atoms with E-state index in [2.05, 4.69) is 40.8 Å². The number of rotatable bonds is 5. The van der Waals surface area contributed by atoms with Gasteiger partial charge in [-0.25, -0.2) is 0 Å². The Hall–Kier alpha value is -1.07. The zero-order valence-corrected chi connectivity index (χ0v) is 15.3. The van der Waals surface area contributed by atoms with E-state index >= 15 is 0 Å². The molecule has 4 nitrogen and oxygen atoms in total. The molecule has 0 aromatic carbocycles. The van der Waals surface area contributed by atoms with Crippen LogP contribution in [0.2, 0.25) is 0 Å². The fourth-order valence-electron chi connectivity index (χ4n) is 3.57. The molecule has 2 aliphatic rings. The van der Waals surface area contributed by atoms with Gasteiger partial charge in [0.15, 0.2) is 5.96 Å². The SMILES string of the molecule is CCNC(=NCC(C)N1CCc2sccc2C1)NC1CCCC1. The molecule has 3 rings (SSSR count). The summed E-state index contributed by atoms with van der Waals surface area (Å²) in [5, 5.41) is 9.24. The van der Waals surface area contributed by atoms with E-state index in [4.69, 9.17) is 4.99 Å². The van der Waals surface area contributed by atoms with Crippen LogP contribution >= 0.6 is 11.3 Å². The zero-order chi connectivity index (χ0) is 16.1. The van der Waals surface area contributed by atoms with E-state index in [1.807, 2.05) is 11.3 Å². The van der Waals surface area contributed by atoms with Crippen LogP contribution in [0, 0.1) is 0 Å². The maximum absolute atomic E-state index is 4.85. The lowest BCUT2D eigenvalue weighted by atomic mass is 10.1. The van der Waals surface area contributed by atoms with Gasteiger partial charge >= 0.3 is 0 Å². The summed E-state index contributed by atoms with van der Waals surface area (Å²) in [6.07, 6.45) is 6.47. The fraction of sp³-hybridized carbons (Fsp3) is 0.722. The average molecular weight is 335 g/mol. The van der Waals surface area contributed by atoms with Crippen LogP contribution in [0.4, 0.5) is 0 Å². The van der Waals surface area contributed by atoms with Gasteiger partial charge in [-0.2, -0.15) is 0 Å². The summed E-state index contributed by atoms with van der Waals surface area (Å²) in [6, 6.07) is 3.39. The third-order valence-electron chi connectivity index (χ3n) is 5.01. The first kappa shape index (κ1) is 16.8. The number of fused-ring (bicyclic) bond motifs is 1. The number of hydrogen-bond acceptors (Lipinski definition) is 3. The minimum Gasteiger partial charge on any atom is -0.357 e. The van der Waals surface area contributed by atoms with Crippen molar-refractivity contribution in [2.45, 2.75) is 64.6 Å². The van der Waals surface area contributed by atoms with Gasteiger partial charge in [0.25, 0.3) is 0 Å². The molecule has 2 N–H and O–H groups in total. The molecule has 1 atom stereocenters. The molecule has 1 unspecified atom stereocenters. The van der Waals surface area contributed by atoms with Crippen molar-refractivity contribution in [3.05, 3.63) is 21.9 Å². The maximum Gasteiger partial charge on any atom is 0.191 e. The van der Waals surface area contributed by atoms with Gasteiger partial charge in [0.2, 0.25) is 0 Å². The van der Waals surface area contributed by atoms with Crippen LogP contribution in [0.3, 0.4) is 0 Å². The highest BCUT2D eigenvalue weighted by Crippen LogP contribution is 2.25. The van der Waals surface area contributed by atoms with E-state index in [1.165, 1.54) is 37.7 Å². The molecule has 1 aromatic heterocycles. The summed E-state index contributed by atoms with van der Waals surface area (Å²) >= 11 is 1.91. The van der Waals surface area contributed by atoms with E-state index in [1.54, 1.807) is 4.88 Å². The van der Waals surface area contributed by atoms with Crippen LogP contribution in [0.5, 0.6) is 0 Å². The van der Waals surface area contributed by atoms with Gasteiger partial charge in [-0.1, -0.05) is 12.8 Å². The van der Waals surface area contributed by atoms with Crippen molar-refractivity contribution in [3.8, 4) is 0 Å². The van der Waals surface area contributed by atoms with E-state index in [-0.39, 0.29) is 0 Å². The first-order valence-electron chi connectivity index (χ1n) is 9.10. The molecule has 0 spiro atoms. The predicted octanol–water partition coefficient (Wildman–Crippen LogP) is 2.99. The Morgan fingerprint density at radius 3 is 3.04 bits per heavy atom. The van der Waals surface area contributed by atoms with Crippen molar-refractivity contribution in [2.24, 2.45) is 4.99 Å². The molecular weight excluding hydrogens is 304 g/mol. The molecule has 5 heteroatoms. The molecule has 1 fully saturated rings. The Balaban J connectivity index is 1.53. The Kier molecular flexibility index (Phi) is 5.95. The molecule has 1 aliphatic carbocycles. The first-order chi connectivity index (χ1) is 11.3. The number of guanidine groups is 1. The number of nitrogens with zero attached hydrogens (tertiary/aromatic N) is 2. The summed E-state index contributed by atoms with van der Waals surface area (Å²) in [4.78, 5) is 9.00. The van der Waals surface area contributed by atoms with Gasteiger partial charge in [0.1, 0.15) is 0 Å². The van der Waals surface area contributed by atoms with E-state index < -0.39 is 0 Å². The quantitative estimate of drug-likeness (QED) is 0.642. The molecule has 0 amide bonds. The fourth-order valence-corrected chi connectivity index (χ4v) is 4.46. The number of thiophene rings is 1. The van der Waals surface area contributed by atoms with Crippen molar-refractivity contribution in [2.75, 3.05) is 19.6 Å². The van der Waals surface area contributed by atoms with Gasteiger partial charge in [0, 0.05) is 36.6 Å². The Labute approximate surface area is 144 Å². The molecule has 2 heterocycles. The summed E-state index contributed by atoms with van der Waals surface area (Å²) < 4.78 is 0. The number of aliphatic imine (C=N–C) groups is 1. The first-order valence-corrected chi connectivity index (χ1v) is 9.98. The second-order valence-corrected chi connectivity index (χ2v) is 7.78. The molecule has 0 radical (unpaired) electrons. The third-order valence-corrected chi connectivity index (χ3v) is 6.04. The standard InChI is InChI=1S/C18H30N4S/c1-3-19-18(21-16-6-4-5-7-16)20-12-14(2)22-10-8-17-15(13-22)9-11-23-17/h9,11,14,16H,3-8,10,12-13H2,1-2H3,(H2,19,20,21). The molecule has 1 saturated carbocycles. The smallest absolute Gasteiger partial charge is 0.191 e. The second-order valence-electron chi connectivity index (χ2n) is 6.78. The van der Waals surface area contributed by atoms with Crippen LogP contribution < -0.4 is 10.6 Å². The monoisotopic (exact) mass is 334 g/mol. The van der Waals surface area contributed by atoms with Crippen LogP contribution in [0.25, 0.3) is 0 Å². The van der Waals surface area contributed by atoms with E-state index in [0.717, 1.165) is 32.1 Å². The number of nitrogens with one attached hydrogen (secondary N) is 2. The third kappa shape index (κ3) is 4.48. The summed E-state index contributed by atoms with van der Waals surface area (Å²) in [7, 11) is 0. The van der Waals surface area contributed by atoms with E-state index in [9.17, 15) is 0 Å². The second kappa shape index (κ2) is 8.15.